The molecule has 0 N–H and O–H groups in total. The van der Waals surface area contributed by atoms with E-state index in [9.17, 15) is 18.0 Å². The summed E-state index contributed by atoms with van der Waals surface area (Å²) in [5, 5.41) is 8.72. The lowest BCUT2D eigenvalue weighted by molar-refractivity contribution is -0.143. The number of hydrogen-bond donors (Lipinski definition) is 0. The summed E-state index contributed by atoms with van der Waals surface area (Å²) in [5.74, 6) is -0.478. The van der Waals surface area contributed by atoms with Crippen LogP contribution in [0.3, 0.4) is 0 Å². The summed E-state index contributed by atoms with van der Waals surface area (Å²) in [6.07, 6.45) is -4.07. The minimum absolute atomic E-state index is 0.262. The largest absolute Gasteiger partial charge is 0.467 e. The van der Waals surface area contributed by atoms with E-state index >= 15 is 0 Å². The van der Waals surface area contributed by atoms with Crippen molar-refractivity contribution in [3.63, 3.8) is 0 Å². The molecule has 1 heterocycles. The Morgan fingerprint density at radius 1 is 1.50 bits per heavy atom. The van der Waals surface area contributed by atoms with Crippen LogP contribution in [0.4, 0.5) is 18.9 Å². The number of hydrogen-bond acceptors (Lipinski definition) is 4. The van der Waals surface area contributed by atoms with E-state index in [1.807, 2.05) is 0 Å². The molecule has 20 heavy (non-hydrogen) atoms. The van der Waals surface area contributed by atoms with Crippen LogP contribution in [-0.2, 0) is 15.7 Å². The molecule has 1 aromatic carbocycles. The molecule has 7 heteroatoms. The number of halogens is 3. The molecule has 4 nitrogen and oxygen atoms in total. The third kappa shape index (κ3) is 2.41. The van der Waals surface area contributed by atoms with Gasteiger partial charge in [-0.1, -0.05) is 0 Å². The van der Waals surface area contributed by atoms with Crippen LogP contribution in [0, 0.1) is 11.3 Å². The first-order valence-electron chi connectivity index (χ1n) is 5.84. The molecule has 1 aliphatic rings. The first-order chi connectivity index (χ1) is 9.38. The molecule has 0 bridgehead atoms. The van der Waals surface area contributed by atoms with Crippen LogP contribution in [0.25, 0.3) is 0 Å². The van der Waals surface area contributed by atoms with Crippen molar-refractivity contribution >= 4 is 11.7 Å². The predicted octanol–water partition coefficient (Wildman–Crippen LogP) is 2.33. The van der Waals surface area contributed by atoms with Gasteiger partial charge in [-0.2, -0.15) is 18.4 Å². The van der Waals surface area contributed by atoms with Crippen LogP contribution in [0.1, 0.15) is 17.5 Å². The maximum Gasteiger partial charge on any atom is 0.417 e. The van der Waals surface area contributed by atoms with Crippen LogP contribution in [0.2, 0.25) is 0 Å². The summed E-state index contributed by atoms with van der Waals surface area (Å²) in [5.41, 5.74) is -1.16. The molecule has 0 radical (unpaired) electrons. The number of anilines is 1. The predicted molar refractivity (Wildman–Crippen MR) is 63.9 cm³/mol. The maximum atomic E-state index is 12.9. The number of rotatable bonds is 2. The van der Waals surface area contributed by atoms with Gasteiger partial charge in [0.2, 0.25) is 0 Å². The van der Waals surface area contributed by atoms with E-state index in [-0.39, 0.29) is 5.69 Å². The molecule has 1 aliphatic heterocycles. The highest BCUT2D eigenvalue weighted by Crippen LogP contribution is 2.36. The number of nitriles is 1. The zero-order valence-corrected chi connectivity index (χ0v) is 10.6. The quantitative estimate of drug-likeness (QED) is 0.782. The molecule has 106 valence electrons. The first-order valence-corrected chi connectivity index (χ1v) is 5.84. The highest BCUT2D eigenvalue weighted by Gasteiger charge is 2.38. The van der Waals surface area contributed by atoms with Crippen molar-refractivity contribution in [3.05, 3.63) is 29.3 Å². The van der Waals surface area contributed by atoms with Gasteiger partial charge in [0.05, 0.1) is 24.3 Å². The fourth-order valence-electron chi connectivity index (χ4n) is 2.12. The molecule has 1 unspecified atom stereocenters. The molecule has 0 spiro atoms. The number of nitrogens with zero attached hydrogens (tertiary/aromatic N) is 2. The van der Waals surface area contributed by atoms with Crippen LogP contribution >= 0.6 is 0 Å². The molecule has 2 rings (SSSR count). The summed E-state index contributed by atoms with van der Waals surface area (Å²) in [4.78, 5) is 13.0. The average Bonchev–Trinajstić information content (AvgIpc) is 2.36. The average molecular weight is 284 g/mol. The van der Waals surface area contributed by atoms with Crippen molar-refractivity contribution in [2.75, 3.05) is 18.6 Å². The fourth-order valence-corrected chi connectivity index (χ4v) is 2.12. The second-order valence-electron chi connectivity index (χ2n) is 4.36. The van der Waals surface area contributed by atoms with Gasteiger partial charge in [-0.05, 0) is 24.6 Å². The Morgan fingerprint density at radius 2 is 2.20 bits per heavy atom. The van der Waals surface area contributed by atoms with Crippen molar-refractivity contribution in [1.29, 1.82) is 5.26 Å². The Hall–Kier alpha value is -2.23. The number of carbonyl (C=O) groups excluding carboxylic acids is 1. The minimum atomic E-state index is -4.60. The van der Waals surface area contributed by atoms with Crippen LogP contribution in [0.15, 0.2) is 18.2 Å². The van der Waals surface area contributed by atoms with Crippen LogP contribution in [0.5, 0.6) is 0 Å². The van der Waals surface area contributed by atoms with Gasteiger partial charge in [0, 0.05) is 12.2 Å². The van der Waals surface area contributed by atoms with Gasteiger partial charge in [0.1, 0.15) is 6.04 Å². The topological polar surface area (TPSA) is 53.3 Å². The molecule has 0 amide bonds. The Kier molecular flexibility index (Phi) is 3.57. The summed E-state index contributed by atoms with van der Waals surface area (Å²) in [7, 11) is 1.23. The lowest BCUT2D eigenvalue weighted by Gasteiger charge is -2.40. The summed E-state index contributed by atoms with van der Waals surface area (Å²) < 4.78 is 43.2. The Bertz CT molecular complexity index is 578. The Labute approximate surface area is 113 Å². The molecular formula is C13H11F3N2O2. The first kappa shape index (κ1) is 14.2. The molecule has 0 saturated carbocycles. The zero-order chi connectivity index (χ0) is 14.9. The highest BCUT2D eigenvalue weighted by atomic mass is 19.4. The summed E-state index contributed by atoms with van der Waals surface area (Å²) in [6, 6.07) is 4.38. The maximum absolute atomic E-state index is 12.9. The van der Waals surface area contributed by atoms with Crippen molar-refractivity contribution in [2.45, 2.75) is 18.6 Å². The lowest BCUT2D eigenvalue weighted by atomic mass is 9.99. The second-order valence-corrected chi connectivity index (χ2v) is 4.36. The smallest absolute Gasteiger partial charge is 0.417 e. The van der Waals surface area contributed by atoms with Gasteiger partial charge in [-0.3, -0.25) is 0 Å². The Balaban J connectivity index is 2.36. The van der Waals surface area contributed by atoms with Crippen molar-refractivity contribution in [3.8, 4) is 6.07 Å². The van der Waals surface area contributed by atoms with E-state index in [4.69, 9.17) is 5.26 Å². The third-order valence-corrected chi connectivity index (χ3v) is 3.25. The van der Waals surface area contributed by atoms with Gasteiger partial charge in [0.25, 0.3) is 0 Å². The van der Waals surface area contributed by atoms with E-state index in [0.717, 1.165) is 12.1 Å². The summed E-state index contributed by atoms with van der Waals surface area (Å²) >= 11 is 0. The molecule has 0 aliphatic carbocycles. The van der Waals surface area contributed by atoms with Crippen molar-refractivity contribution < 1.29 is 22.7 Å². The van der Waals surface area contributed by atoms with Gasteiger partial charge < -0.3 is 9.64 Å². The number of alkyl halides is 3. The monoisotopic (exact) mass is 284 g/mol. The van der Waals surface area contributed by atoms with E-state index in [0.29, 0.717) is 13.0 Å². The standard InChI is InChI=1S/C13H11F3N2O2/c1-20-12(19)11-4-5-18(11)9-3-2-8(7-17)10(6-9)13(14,15)16/h2-3,6,11H,4-5H2,1H3. The van der Waals surface area contributed by atoms with Gasteiger partial charge in [-0.25, -0.2) is 4.79 Å². The van der Waals surface area contributed by atoms with Crippen LogP contribution < -0.4 is 4.90 Å². The van der Waals surface area contributed by atoms with E-state index < -0.39 is 29.3 Å². The lowest BCUT2D eigenvalue weighted by Crippen LogP contribution is -2.53. The molecule has 1 atom stereocenters. The SMILES string of the molecule is COC(=O)C1CCN1c1ccc(C#N)c(C(F)(F)F)c1. The van der Waals surface area contributed by atoms with Crippen molar-refractivity contribution in [1.82, 2.24) is 0 Å². The molecular weight excluding hydrogens is 273 g/mol. The molecule has 0 aromatic heterocycles. The van der Waals surface area contributed by atoms with E-state index in [2.05, 4.69) is 4.74 Å². The third-order valence-electron chi connectivity index (χ3n) is 3.25. The normalized spacial score (nSPS) is 18.1. The number of methoxy groups -OCH3 is 1. The Morgan fingerprint density at radius 3 is 2.65 bits per heavy atom. The number of benzene rings is 1. The number of carbonyl (C=O) groups is 1. The zero-order valence-electron chi connectivity index (χ0n) is 10.6. The molecule has 1 aromatic rings. The molecule has 1 fully saturated rings. The number of ether oxygens (including phenoxy) is 1. The number of esters is 1. The fraction of sp³-hybridized carbons (Fsp3) is 0.385. The highest BCUT2D eigenvalue weighted by molar-refractivity contribution is 5.82. The van der Waals surface area contributed by atoms with E-state index in [1.54, 1.807) is 0 Å². The van der Waals surface area contributed by atoms with Gasteiger partial charge in [-0.15, -0.1) is 0 Å². The minimum Gasteiger partial charge on any atom is -0.467 e. The van der Waals surface area contributed by atoms with Crippen LogP contribution in [-0.4, -0.2) is 25.7 Å². The second kappa shape index (κ2) is 5.04. The van der Waals surface area contributed by atoms with Crippen molar-refractivity contribution in [2.24, 2.45) is 0 Å². The van der Waals surface area contributed by atoms with Gasteiger partial charge in [0.15, 0.2) is 0 Å². The van der Waals surface area contributed by atoms with E-state index in [1.165, 1.54) is 24.1 Å². The summed E-state index contributed by atoms with van der Waals surface area (Å²) in [6.45, 7) is 0.475. The molecule has 1 saturated heterocycles. The van der Waals surface area contributed by atoms with Gasteiger partial charge >= 0.3 is 12.1 Å².